The molecular weight excluding hydrogens is 309 g/mol. The number of piperidine rings is 1. The lowest BCUT2D eigenvalue weighted by molar-refractivity contribution is -0.122. The van der Waals surface area contributed by atoms with Crippen molar-refractivity contribution >= 4 is 0 Å². The molecule has 24 heavy (non-hydrogen) atoms. The van der Waals surface area contributed by atoms with Crippen LogP contribution in [0.1, 0.15) is 37.8 Å². The number of aliphatic hydroxyl groups is 1. The molecule has 1 atom stereocenters. The van der Waals surface area contributed by atoms with Gasteiger partial charge in [-0.25, -0.2) is 4.39 Å². The maximum absolute atomic E-state index is 14.7. The van der Waals surface area contributed by atoms with E-state index in [-0.39, 0.29) is 11.7 Å². The summed E-state index contributed by atoms with van der Waals surface area (Å²) in [5.74, 6) is 0.573. The van der Waals surface area contributed by atoms with Gasteiger partial charge < -0.3 is 19.5 Å². The van der Waals surface area contributed by atoms with Crippen LogP contribution in [-0.4, -0.2) is 44.4 Å². The molecule has 0 radical (unpaired) electrons. The molecule has 1 saturated heterocycles. The van der Waals surface area contributed by atoms with Crippen LogP contribution in [0.25, 0.3) is 0 Å². The van der Waals surface area contributed by atoms with Crippen LogP contribution in [0.15, 0.2) is 6.07 Å². The number of hydrogen-bond donors (Lipinski definition) is 1. The molecule has 1 unspecified atom stereocenters. The Morgan fingerprint density at radius 1 is 1.21 bits per heavy atom. The van der Waals surface area contributed by atoms with E-state index in [1.807, 2.05) is 13.8 Å². The van der Waals surface area contributed by atoms with Crippen LogP contribution >= 0.6 is 0 Å². The van der Waals surface area contributed by atoms with Gasteiger partial charge in [0.1, 0.15) is 11.4 Å². The Morgan fingerprint density at radius 2 is 1.83 bits per heavy atom. The van der Waals surface area contributed by atoms with Crippen LogP contribution in [-0.2, 0) is 12.0 Å². The Kier molecular flexibility index (Phi) is 4.29. The first kappa shape index (κ1) is 17.5. The normalized spacial score (nSPS) is 27.1. The van der Waals surface area contributed by atoms with E-state index >= 15 is 0 Å². The first-order chi connectivity index (χ1) is 11.3. The highest BCUT2D eigenvalue weighted by atomic mass is 19.1. The van der Waals surface area contributed by atoms with E-state index in [1.54, 1.807) is 7.11 Å². The number of methoxy groups -OCH3 is 2. The smallest absolute Gasteiger partial charge is 0.167 e. The van der Waals surface area contributed by atoms with Gasteiger partial charge in [-0.3, -0.25) is 0 Å². The SMILES string of the molecule is COc1cc(F)c2c(c1OC)C(O)(C1CCN(C)CC1)C(C)(C)C2. The predicted molar refractivity (Wildman–Crippen MR) is 91.1 cm³/mol. The lowest BCUT2D eigenvalue weighted by atomic mass is 9.65. The lowest BCUT2D eigenvalue weighted by Crippen LogP contribution is -2.49. The molecule has 3 rings (SSSR count). The van der Waals surface area contributed by atoms with Crippen molar-refractivity contribution in [3.63, 3.8) is 0 Å². The highest BCUT2D eigenvalue weighted by molar-refractivity contribution is 5.58. The molecule has 1 fully saturated rings. The second-order valence-electron chi connectivity index (χ2n) is 7.85. The topological polar surface area (TPSA) is 41.9 Å². The number of hydrogen-bond acceptors (Lipinski definition) is 4. The summed E-state index contributed by atoms with van der Waals surface area (Å²) in [5.41, 5.74) is -0.416. The quantitative estimate of drug-likeness (QED) is 0.921. The minimum atomic E-state index is -1.12. The van der Waals surface area contributed by atoms with E-state index in [1.165, 1.54) is 13.2 Å². The summed E-state index contributed by atoms with van der Waals surface area (Å²) in [6.45, 7) is 5.92. The number of benzene rings is 1. The number of ether oxygens (including phenoxy) is 2. The van der Waals surface area contributed by atoms with E-state index in [9.17, 15) is 9.50 Å². The summed E-state index contributed by atoms with van der Waals surface area (Å²) in [7, 11) is 5.14. The average molecular weight is 337 g/mol. The monoisotopic (exact) mass is 337 g/mol. The molecule has 1 aromatic carbocycles. The zero-order chi connectivity index (χ0) is 17.7. The van der Waals surface area contributed by atoms with Gasteiger partial charge in [0, 0.05) is 17.0 Å². The van der Waals surface area contributed by atoms with Gasteiger partial charge in [-0.2, -0.15) is 0 Å². The van der Waals surface area contributed by atoms with Crippen LogP contribution in [0.3, 0.4) is 0 Å². The van der Waals surface area contributed by atoms with E-state index in [0.29, 0.717) is 29.0 Å². The number of fused-ring (bicyclic) bond motifs is 1. The number of nitrogens with zero attached hydrogens (tertiary/aromatic N) is 1. The van der Waals surface area contributed by atoms with Crippen LogP contribution < -0.4 is 9.47 Å². The second-order valence-corrected chi connectivity index (χ2v) is 7.85. The summed E-state index contributed by atoms with van der Waals surface area (Å²) in [5, 5.41) is 11.9. The number of halogens is 1. The molecule has 0 amide bonds. The van der Waals surface area contributed by atoms with Gasteiger partial charge in [0.05, 0.1) is 14.2 Å². The van der Waals surface area contributed by atoms with Crippen molar-refractivity contribution in [1.29, 1.82) is 0 Å². The number of likely N-dealkylation sites (tertiary alicyclic amines) is 1. The van der Waals surface area contributed by atoms with Crippen molar-refractivity contribution in [3.05, 3.63) is 23.0 Å². The molecule has 4 nitrogen and oxygen atoms in total. The van der Waals surface area contributed by atoms with Gasteiger partial charge in [-0.15, -0.1) is 0 Å². The summed E-state index contributed by atoms with van der Waals surface area (Å²) in [4.78, 5) is 2.27. The molecule has 1 heterocycles. The van der Waals surface area contributed by atoms with E-state index < -0.39 is 11.0 Å². The Bertz CT molecular complexity index is 638. The molecule has 1 N–H and O–H groups in total. The number of rotatable bonds is 3. The molecule has 134 valence electrons. The van der Waals surface area contributed by atoms with E-state index in [0.717, 1.165) is 25.9 Å². The lowest BCUT2D eigenvalue weighted by Gasteiger charge is -2.46. The Labute approximate surface area is 143 Å². The van der Waals surface area contributed by atoms with Gasteiger partial charge in [-0.05, 0) is 50.9 Å². The highest BCUT2D eigenvalue weighted by Gasteiger charge is 2.58. The molecule has 1 aliphatic heterocycles. The third-order valence-electron chi connectivity index (χ3n) is 6.06. The van der Waals surface area contributed by atoms with E-state index in [2.05, 4.69) is 11.9 Å². The molecule has 0 aromatic heterocycles. The third kappa shape index (κ3) is 2.32. The van der Waals surface area contributed by atoms with Crippen molar-refractivity contribution in [2.45, 2.75) is 38.7 Å². The fourth-order valence-corrected chi connectivity index (χ4v) is 4.68. The molecule has 1 aliphatic carbocycles. The Hall–Kier alpha value is -1.33. The van der Waals surface area contributed by atoms with Gasteiger partial charge in [0.15, 0.2) is 11.5 Å². The van der Waals surface area contributed by atoms with Crippen molar-refractivity contribution in [1.82, 2.24) is 4.90 Å². The van der Waals surface area contributed by atoms with Gasteiger partial charge in [-0.1, -0.05) is 13.8 Å². The summed E-state index contributed by atoms with van der Waals surface area (Å²) < 4.78 is 25.6. The molecule has 0 saturated carbocycles. The maximum Gasteiger partial charge on any atom is 0.167 e. The first-order valence-corrected chi connectivity index (χ1v) is 8.61. The average Bonchev–Trinajstić information content (AvgIpc) is 2.76. The Morgan fingerprint density at radius 3 is 2.38 bits per heavy atom. The van der Waals surface area contributed by atoms with Crippen LogP contribution in [0, 0.1) is 17.2 Å². The summed E-state index contributed by atoms with van der Waals surface area (Å²) >= 11 is 0. The van der Waals surface area contributed by atoms with Crippen molar-refractivity contribution in [3.8, 4) is 11.5 Å². The van der Waals surface area contributed by atoms with Gasteiger partial charge in [0.2, 0.25) is 0 Å². The minimum Gasteiger partial charge on any atom is -0.493 e. The molecular formula is C19H28FNO3. The maximum atomic E-state index is 14.7. The van der Waals surface area contributed by atoms with Crippen molar-refractivity contribution < 1.29 is 19.0 Å². The highest BCUT2D eigenvalue weighted by Crippen LogP contribution is 2.60. The fraction of sp³-hybridized carbons (Fsp3) is 0.684. The third-order valence-corrected chi connectivity index (χ3v) is 6.06. The summed E-state index contributed by atoms with van der Waals surface area (Å²) in [6.07, 6.45) is 2.27. The van der Waals surface area contributed by atoms with Gasteiger partial charge >= 0.3 is 0 Å². The van der Waals surface area contributed by atoms with E-state index in [4.69, 9.17) is 9.47 Å². The zero-order valence-electron chi connectivity index (χ0n) is 15.3. The summed E-state index contributed by atoms with van der Waals surface area (Å²) in [6, 6.07) is 1.37. The largest absolute Gasteiger partial charge is 0.493 e. The van der Waals surface area contributed by atoms with Crippen LogP contribution in [0.5, 0.6) is 11.5 Å². The van der Waals surface area contributed by atoms with Crippen LogP contribution in [0.2, 0.25) is 0 Å². The zero-order valence-corrected chi connectivity index (χ0v) is 15.3. The molecule has 1 aromatic rings. The molecule has 2 aliphatic rings. The molecule has 0 bridgehead atoms. The second kappa shape index (κ2) is 5.88. The standard InChI is InChI=1S/C19H28FNO3/c1-18(2)11-13-14(20)10-15(23-4)17(24-5)16(13)19(18,22)12-6-8-21(3)9-7-12/h10,12,22H,6-9,11H2,1-5H3. The predicted octanol–water partition coefficient (Wildman–Crippen LogP) is 2.95. The molecule has 5 heteroatoms. The Balaban J connectivity index is 2.19. The molecule has 0 spiro atoms. The van der Waals surface area contributed by atoms with Crippen molar-refractivity contribution in [2.24, 2.45) is 11.3 Å². The van der Waals surface area contributed by atoms with Crippen LogP contribution in [0.4, 0.5) is 4.39 Å². The fourth-order valence-electron chi connectivity index (χ4n) is 4.68. The van der Waals surface area contributed by atoms with Gasteiger partial charge in [0.25, 0.3) is 0 Å². The first-order valence-electron chi connectivity index (χ1n) is 8.61. The minimum absolute atomic E-state index is 0.0744. The van der Waals surface area contributed by atoms with Crippen molar-refractivity contribution in [2.75, 3.05) is 34.4 Å².